The fourth-order valence-corrected chi connectivity index (χ4v) is 2.60. The fraction of sp³-hybridized carbons (Fsp3) is 0.417. The smallest absolute Gasteiger partial charge is 0.321 e. The van der Waals surface area contributed by atoms with Gasteiger partial charge in [-0.05, 0) is 24.1 Å². The second-order valence-corrected chi connectivity index (χ2v) is 6.06. The molecule has 0 aliphatic rings. The number of esters is 1. The number of hydrogen-bond acceptors (Lipinski definition) is 5. The Bertz CT molecular complexity index is 493. The van der Waals surface area contributed by atoms with Crippen molar-refractivity contribution in [2.75, 3.05) is 18.1 Å². The first-order chi connectivity index (χ1) is 8.43. The summed E-state index contributed by atoms with van der Waals surface area (Å²) in [6.07, 6.45) is 0.670. The van der Waals surface area contributed by atoms with Crippen molar-refractivity contribution < 1.29 is 17.9 Å². The molecule has 100 valence electrons. The summed E-state index contributed by atoms with van der Waals surface area (Å²) in [6.45, 7) is 2.09. The molecule has 0 bridgehead atoms. The Hall–Kier alpha value is -1.56. The predicted molar refractivity (Wildman–Crippen MR) is 69.6 cm³/mol. The van der Waals surface area contributed by atoms with Gasteiger partial charge in [-0.2, -0.15) is 0 Å². The van der Waals surface area contributed by atoms with E-state index in [1.807, 2.05) is 6.92 Å². The summed E-state index contributed by atoms with van der Waals surface area (Å²) >= 11 is 0. The first-order valence-corrected chi connectivity index (χ1v) is 7.45. The van der Waals surface area contributed by atoms with Gasteiger partial charge in [-0.1, -0.05) is 19.1 Å². The molecule has 0 saturated carbocycles. The third-order valence-electron chi connectivity index (χ3n) is 2.17. The normalized spacial score (nSPS) is 11.2. The van der Waals surface area contributed by atoms with Crippen molar-refractivity contribution in [3.8, 4) is 0 Å². The molecule has 0 aliphatic heterocycles. The molecule has 0 aromatic heterocycles. The van der Waals surface area contributed by atoms with Gasteiger partial charge in [-0.15, -0.1) is 0 Å². The van der Waals surface area contributed by atoms with Crippen LogP contribution in [0, 0.1) is 0 Å². The minimum Gasteiger partial charge on any atom is -0.465 e. The van der Waals surface area contributed by atoms with Crippen molar-refractivity contribution >= 4 is 21.5 Å². The van der Waals surface area contributed by atoms with Gasteiger partial charge in [0.1, 0.15) is 5.75 Å². The highest BCUT2D eigenvalue weighted by atomic mass is 32.2. The minimum atomic E-state index is -3.49. The number of nitrogens with two attached hydrogens (primary N) is 1. The molecule has 6 heteroatoms. The van der Waals surface area contributed by atoms with E-state index in [1.54, 1.807) is 24.3 Å². The maximum atomic E-state index is 11.7. The second-order valence-electron chi connectivity index (χ2n) is 3.99. The predicted octanol–water partition coefficient (Wildman–Crippen LogP) is 1.14. The van der Waals surface area contributed by atoms with Gasteiger partial charge in [0.05, 0.1) is 12.4 Å². The van der Waals surface area contributed by atoms with Crippen molar-refractivity contribution in [1.82, 2.24) is 0 Å². The van der Waals surface area contributed by atoms with Gasteiger partial charge < -0.3 is 10.5 Å². The van der Waals surface area contributed by atoms with Gasteiger partial charge in [-0.3, -0.25) is 4.79 Å². The summed E-state index contributed by atoms with van der Waals surface area (Å²) in [4.78, 5) is 11.2. The molecule has 5 nitrogen and oxygen atoms in total. The minimum absolute atomic E-state index is 0.186. The van der Waals surface area contributed by atoms with Crippen LogP contribution in [0.15, 0.2) is 24.3 Å². The largest absolute Gasteiger partial charge is 0.465 e. The lowest BCUT2D eigenvalue weighted by atomic mass is 10.2. The number of ether oxygens (including phenoxy) is 1. The number of anilines is 1. The molecular formula is C12H17NO4S. The lowest BCUT2D eigenvalue weighted by Crippen LogP contribution is -2.20. The highest BCUT2D eigenvalue weighted by molar-refractivity contribution is 7.91. The van der Waals surface area contributed by atoms with Gasteiger partial charge in [0.25, 0.3) is 0 Å². The van der Waals surface area contributed by atoms with Gasteiger partial charge in [-0.25, -0.2) is 8.42 Å². The van der Waals surface area contributed by atoms with E-state index in [1.165, 1.54) is 0 Å². The second kappa shape index (κ2) is 6.39. The van der Waals surface area contributed by atoms with Crippen LogP contribution in [-0.4, -0.2) is 26.7 Å². The molecule has 0 unspecified atom stereocenters. The molecule has 0 radical (unpaired) electrons. The number of carbonyl (C=O) groups is 1. The number of nitrogen functional groups attached to an aromatic ring is 1. The van der Waals surface area contributed by atoms with E-state index in [2.05, 4.69) is 0 Å². The van der Waals surface area contributed by atoms with Gasteiger partial charge in [0, 0.05) is 5.69 Å². The van der Waals surface area contributed by atoms with E-state index >= 15 is 0 Å². The fourth-order valence-electron chi connectivity index (χ4n) is 1.36. The van der Waals surface area contributed by atoms with E-state index in [-0.39, 0.29) is 12.4 Å². The van der Waals surface area contributed by atoms with Crippen molar-refractivity contribution in [3.63, 3.8) is 0 Å². The van der Waals surface area contributed by atoms with E-state index < -0.39 is 21.6 Å². The summed E-state index contributed by atoms with van der Waals surface area (Å²) in [5.41, 5.74) is 6.67. The van der Waals surface area contributed by atoms with Crippen molar-refractivity contribution in [2.24, 2.45) is 0 Å². The Balaban J connectivity index is 2.59. The molecule has 0 heterocycles. The Morgan fingerprint density at radius 3 is 2.44 bits per heavy atom. The third-order valence-corrected chi connectivity index (χ3v) is 3.62. The first-order valence-electron chi connectivity index (χ1n) is 5.63. The summed E-state index contributed by atoms with van der Waals surface area (Å²) < 4.78 is 28.2. The number of carbonyl (C=O) groups excluding carboxylic acids is 1. The van der Waals surface area contributed by atoms with Gasteiger partial charge in [0.2, 0.25) is 0 Å². The zero-order valence-corrected chi connectivity index (χ0v) is 11.1. The van der Waals surface area contributed by atoms with Crippen LogP contribution in [0.2, 0.25) is 0 Å². The topological polar surface area (TPSA) is 86.5 Å². The number of hydrogen-bond donors (Lipinski definition) is 1. The quantitative estimate of drug-likeness (QED) is 0.619. The number of benzene rings is 1. The van der Waals surface area contributed by atoms with Crippen molar-refractivity contribution in [1.29, 1.82) is 0 Å². The Morgan fingerprint density at radius 2 is 1.89 bits per heavy atom. The van der Waals surface area contributed by atoms with Gasteiger partial charge >= 0.3 is 5.97 Å². The molecule has 18 heavy (non-hydrogen) atoms. The third kappa shape index (κ3) is 5.18. The molecule has 0 saturated heterocycles. The Morgan fingerprint density at radius 1 is 1.28 bits per heavy atom. The van der Waals surface area contributed by atoms with E-state index in [9.17, 15) is 13.2 Å². The van der Waals surface area contributed by atoms with Gasteiger partial charge in [0.15, 0.2) is 9.84 Å². The molecule has 0 amide bonds. The Labute approximate surface area is 107 Å². The standard InChI is InChI=1S/C12H17NO4S/c1-2-7-17-12(14)9-18(15,16)8-10-3-5-11(13)6-4-10/h3-6H,2,7-9,13H2,1H3. The van der Waals surface area contributed by atoms with Crippen LogP contribution in [0.25, 0.3) is 0 Å². The van der Waals surface area contributed by atoms with Crippen LogP contribution in [0.3, 0.4) is 0 Å². The lowest BCUT2D eigenvalue weighted by molar-refractivity contribution is -0.140. The van der Waals surface area contributed by atoms with Crippen LogP contribution in [0.5, 0.6) is 0 Å². The van der Waals surface area contributed by atoms with Crippen LogP contribution in [0.4, 0.5) is 5.69 Å². The highest BCUT2D eigenvalue weighted by Crippen LogP contribution is 2.10. The zero-order chi connectivity index (χ0) is 13.6. The average molecular weight is 271 g/mol. The molecule has 0 fully saturated rings. The molecular weight excluding hydrogens is 254 g/mol. The van der Waals surface area contributed by atoms with E-state index in [0.717, 1.165) is 0 Å². The summed E-state index contributed by atoms with van der Waals surface area (Å²) in [5, 5.41) is 0. The number of rotatable bonds is 6. The van der Waals surface area contributed by atoms with E-state index in [0.29, 0.717) is 17.7 Å². The van der Waals surface area contributed by atoms with Crippen LogP contribution < -0.4 is 5.73 Å². The van der Waals surface area contributed by atoms with Crippen molar-refractivity contribution in [2.45, 2.75) is 19.1 Å². The summed E-state index contributed by atoms with van der Waals surface area (Å²) in [5.74, 6) is -1.47. The van der Waals surface area contributed by atoms with Crippen LogP contribution in [0.1, 0.15) is 18.9 Å². The van der Waals surface area contributed by atoms with Crippen LogP contribution >= 0.6 is 0 Å². The average Bonchev–Trinajstić information content (AvgIpc) is 2.28. The molecule has 1 aromatic rings. The molecule has 2 N–H and O–H groups in total. The molecule has 0 atom stereocenters. The highest BCUT2D eigenvalue weighted by Gasteiger charge is 2.18. The van der Waals surface area contributed by atoms with Crippen molar-refractivity contribution in [3.05, 3.63) is 29.8 Å². The molecule has 0 aliphatic carbocycles. The molecule has 1 aromatic carbocycles. The molecule has 1 rings (SSSR count). The molecule has 0 spiro atoms. The van der Waals surface area contributed by atoms with Crippen LogP contribution in [-0.2, 0) is 25.1 Å². The summed E-state index contributed by atoms with van der Waals surface area (Å²) in [7, 11) is -3.49. The monoisotopic (exact) mass is 271 g/mol. The maximum Gasteiger partial charge on any atom is 0.321 e. The first kappa shape index (κ1) is 14.5. The van der Waals surface area contributed by atoms with E-state index in [4.69, 9.17) is 10.5 Å². The zero-order valence-electron chi connectivity index (χ0n) is 10.3. The maximum absolute atomic E-state index is 11.7. The summed E-state index contributed by atoms with van der Waals surface area (Å²) in [6, 6.07) is 6.51. The lowest BCUT2D eigenvalue weighted by Gasteiger charge is -2.05. The Kier molecular flexibility index (Phi) is 5.15. The SMILES string of the molecule is CCCOC(=O)CS(=O)(=O)Cc1ccc(N)cc1. The number of sulfone groups is 1.